The van der Waals surface area contributed by atoms with Gasteiger partial charge in [-0.1, -0.05) is 0 Å². The van der Waals surface area contributed by atoms with Gasteiger partial charge in [-0.15, -0.1) is 0 Å². The summed E-state index contributed by atoms with van der Waals surface area (Å²) in [6, 6.07) is 3.54. The second kappa shape index (κ2) is 4.84. The normalized spacial score (nSPS) is 16.5. The lowest BCUT2D eigenvalue weighted by atomic mass is 9.90. The minimum absolute atomic E-state index is 0.161. The van der Waals surface area contributed by atoms with Crippen LogP contribution in [0, 0.1) is 0 Å². The lowest BCUT2D eigenvalue weighted by Gasteiger charge is -2.37. The van der Waals surface area contributed by atoms with Gasteiger partial charge in [-0.25, -0.2) is 9.59 Å². The van der Waals surface area contributed by atoms with Crippen molar-refractivity contribution in [2.45, 2.75) is 25.7 Å². The molecule has 2 N–H and O–H groups in total. The molecule has 0 saturated heterocycles. The summed E-state index contributed by atoms with van der Waals surface area (Å²) in [7, 11) is 0. The Balaban J connectivity index is 2.02. The molecule has 0 radical (unpaired) electrons. The van der Waals surface area contributed by atoms with E-state index in [-0.39, 0.29) is 5.56 Å². The van der Waals surface area contributed by atoms with Gasteiger partial charge in [0.15, 0.2) is 0 Å². The van der Waals surface area contributed by atoms with Gasteiger partial charge >= 0.3 is 11.6 Å². The average Bonchev–Trinajstić information content (AvgIpc) is 2.55. The third-order valence-electron chi connectivity index (χ3n) is 4.54. The third-order valence-corrected chi connectivity index (χ3v) is 4.54. The second-order valence-electron chi connectivity index (χ2n) is 5.83. The molecule has 0 unspecified atom stereocenters. The molecular weight excluding hydrogens is 284 g/mol. The van der Waals surface area contributed by atoms with Gasteiger partial charge in [0.25, 0.3) is 0 Å². The summed E-state index contributed by atoms with van der Waals surface area (Å²) in [6.07, 6.45) is 4.05. The molecule has 2 aromatic rings. The van der Waals surface area contributed by atoms with Crippen LogP contribution in [-0.4, -0.2) is 19.1 Å². The molecule has 0 saturated carbocycles. The first-order valence-electron chi connectivity index (χ1n) is 7.47. The van der Waals surface area contributed by atoms with Crippen LogP contribution in [-0.2, 0) is 17.7 Å². The number of aryl methyl sites for hydroxylation is 2. The Labute approximate surface area is 126 Å². The molecule has 22 heavy (non-hydrogen) atoms. The Morgan fingerprint density at radius 1 is 1.23 bits per heavy atom. The summed E-state index contributed by atoms with van der Waals surface area (Å²) in [5.41, 5.74) is 3.29. The molecule has 1 aromatic heterocycles. The number of hydrogen-bond acceptors (Lipinski definition) is 6. The maximum Gasteiger partial charge on any atom is 0.364 e. The molecule has 2 aliphatic rings. The smallest absolute Gasteiger partial charge is 0.364 e. The van der Waals surface area contributed by atoms with Gasteiger partial charge < -0.3 is 14.2 Å². The van der Waals surface area contributed by atoms with Crippen LogP contribution in [0.1, 0.15) is 34.3 Å². The molecule has 0 fully saturated rings. The molecule has 0 atom stereocenters. The first kappa shape index (κ1) is 13.3. The zero-order valence-corrected chi connectivity index (χ0v) is 12.1. The largest absolute Gasteiger partial charge is 0.422 e. The van der Waals surface area contributed by atoms with E-state index >= 15 is 0 Å². The zero-order valence-electron chi connectivity index (χ0n) is 12.1. The average molecular weight is 300 g/mol. The van der Waals surface area contributed by atoms with Gasteiger partial charge in [-0.2, -0.15) is 5.90 Å². The second-order valence-corrected chi connectivity index (χ2v) is 5.83. The van der Waals surface area contributed by atoms with E-state index in [9.17, 15) is 9.59 Å². The Kier molecular flexibility index (Phi) is 2.94. The maximum atomic E-state index is 12.0. The van der Waals surface area contributed by atoms with Crippen molar-refractivity contribution in [3.05, 3.63) is 39.2 Å². The molecule has 0 bridgehead atoms. The van der Waals surface area contributed by atoms with Gasteiger partial charge in [0.05, 0.1) is 0 Å². The molecule has 114 valence electrons. The highest BCUT2D eigenvalue weighted by Gasteiger charge is 2.27. The lowest BCUT2D eigenvalue weighted by Crippen LogP contribution is -2.34. The summed E-state index contributed by atoms with van der Waals surface area (Å²) < 4.78 is 5.45. The van der Waals surface area contributed by atoms with Gasteiger partial charge in [0.1, 0.15) is 11.1 Å². The monoisotopic (exact) mass is 300 g/mol. The molecular formula is C16H16N2O4. The fourth-order valence-corrected chi connectivity index (χ4v) is 3.65. The number of hydrogen-bond donors (Lipinski definition) is 1. The third kappa shape index (κ3) is 1.84. The molecule has 6 nitrogen and oxygen atoms in total. The van der Waals surface area contributed by atoms with Crippen LogP contribution in [0.5, 0.6) is 0 Å². The number of benzene rings is 1. The number of anilines is 1. The molecule has 1 aromatic carbocycles. The molecule has 4 rings (SSSR count). The highest BCUT2D eigenvalue weighted by atomic mass is 16.7. The lowest BCUT2D eigenvalue weighted by molar-refractivity contribution is 0.0499. The minimum atomic E-state index is -0.872. The van der Waals surface area contributed by atoms with E-state index < -0.39 is 11.6 Å². The van der Waals surface area contributed by atoms with Crippen LogP contribution in [0.3, 0.4) is 0 Å². The Bertz CT molecular complexity index is 838. The van der Waals surface area contributed by atoms with E-state index in [1.807, 2.05) is 6.07 Å². The van der Waals surface area contributed by atoms with Crippen LogP contribution in [0.4, 0.5) is 5.69 Å². The highest BCUT2D eigenvalue weighted by molar-refractivity contribution is 5.95. The molecule has 0 aliphatic carbocycles. The summed E-state index contributed by atoms with van der Waals surface area (Å²) in [5.74, 6) is 4.00. The number of nitrogens with zero attached hydrogens (tertiary/aromatic N) is 1. The van der Waals surface area contributed by atoms with Crippen molar-refractivity contribution in [2.24, 2.45) is 5.90 Å². The van der Waals surface area contributed by atoms with Crippen LogP contribution >= 0.6 is 0 Å². The molecule has 0 spiro atoms. The highest BCUT2D eigenvalue weighted by Crippen LogP contribution is 2.39. The van der Waals surface area contributed by atoms with Gasteiger partial charge in [0.2, 0.25) is 0 Å². The standard InChI is InChI=1S/C16H16N2O4/c17-22-16(20)12-8-10-7-9-3-1-5-18-6-2-4-11(13(9)18)14(10)21-15(12)19/h7-8H,1-6,17H2. The molecule has 0 amide bonds. The first-order chi connectivity index (χ1) is 10.7. The summed E-state index contributed by atoms with van der Waals surface area (Å²) in [6.45, 7) is 2.10. The number of rotatable bonds is 1. The van der Waals surface area contributed by atoms with Crippen LogP contribution in [0.25, 0.3) is 11.0 Å². The minimum Gasteiger partial charge on any atom is -0.422 e. The van der Waals surface area contributed by atoms with Crippen LogP contribution < -0.4 is 16.4 Å². The maximum absolute atomic E-state index is 12.0. The van der Waals surface area contributed by atoms with Gasteiger partial charge in [-0.3, -0.25) is 0 Å². The van der Waals surface area contributed by atoms with E-state index in [1.54, 1.807) is 0 Å². The SMILES string of the molecule is NOC(=O)c1cc2cc3c4c(c2oc1=O)CCCN4CCC3. The Hall–Kier alpha value is -2.34. The zero-order chi connectivity index (χ0) is 15.3. The van der Waals surface area contributed by atoms with E-state index in [1.165, 1.54) is 17.3 Å². The van der Waals surface area contributed by atoms with E-state index in [0.29, 0.717) is 5.58 Å². The number of fused-ring (bicyclic) bond motifs is 2. The number of nitrogens with two attached hydrogens (primary N) is 1. The topological polar surface area (TPSA) is 85.8 Å². The van der Waals surface area contributed by atoms with Crippen molar-refractivity contribution in [2.75, 3.05) is 18.0 Å². The van der Waals surface area contributed by atoms with Gasteiger partial charge in [0, 0.05) is 29.7 Å². The summed E-state index contributed by atoms with van der Waals surface area (Å²) >= 11 is 0. The molecule has 3 heterocycles. The molecule has 2 aliphatic heterocycles. The predicted molar refractivity (Wildman–Crippen MR) is 80.9 cm³/mol. The Morgan fingerprint density at radius 3 is 2.77 bits per heavy atom. The first-order valence-corrected chi connectivity index (χ1v) is 7.47. The number of carbonyl (C=O) groups is 1. The fourth-order valence-electron chi connectivity index (χ4n) is 3.65. The Morgan fingerprint density at radius 2 is 2.00 bits per heavy atom. The van der Waals surface area contributed by atoms with Crippen molar-refractivity contribution >= 4 is 22.6 Å². The van der Waals surface area contributed by atoms with Crippen molar-refractivity contribution in [3.8, 4) is 0 Å². The fraction of sp³-hybridized carbons (Fsp3) is 0.375. The van der Waals surface area contributed by atoms with E-state index in [0.717, 1.165) is 49.7 Å². The predicted octanol–water partition coefficient (Wildman–Crippen LogP) is 1.52. The number of carbonyl (C=O) groups excluding carboxylic acids is 1. The van der Waals surface area contributed by atoms with E-state index in [4.69, 9.17) is 10.3 Å². The molecule has 6 heteroatoms. The van der Waals surface area contributed by atoms with Crippen LogP contribution in [0.15, 0.2) is 21.3 Å². The van der Waals surface area contributed by atoms with Crippen molar-refractivity contribution in [1.29, 1.82) is 0 Å². The van der Waals surface area contributed by atoms with Crippen LogP contribution in [0.2, 0.25) is 0 Å². The summed E-state index contributed by atoms with van der Waals surface area (Å²) in [4.78, 5) is 30.1. The van der Waals surface area contributed by atoms with Crippen molar-refractivity contribution in [3.63, 3.8) is 0 Å². The van der Waals surface area contributed by atoms with E-state index in [2.05, 4.69) is 9.74 Å². The summed E-state index contributed by atoms with van der Waals surface area (Å²) in [5, 5.41) is 0.762. The van der Waals surface area contributed by atoms with Crippen molar-refractivity contribution in [1.82, 2.24) is 0 Å². The van der Waals surface area contributed by atoms with Gasteiger partial charge in [-0.05, 0) is 43.4 Å². The quantitative estimate of drug-likeness (QED) is 0.635. The van der Waals surface area contributed by atoms with Crippen molar-refractivity contribution < 1.29 is 14.0 Å².